The number of hydrogen-bond donors (Lipinski definition) is 1. The molecule has 82 valence electrons. The summed E-state index contributed by atoms with van der Waals surface area (Å²) in [6, 6.07) is 4.01. The molecular formula is C10H11ClFNOS. The van der Waals surface area contributed by atoms with Gasteiger partial charge in [0.1, 0.15) is 11.6 Å². The number of rotatable bonds is 5. The van der Waals surface area contributed by atoms with Crippen molar-refractivity contribution in [2.45, 2.75) is 12.8 Å². The van der Waals surface area contributed by atoms with Gasteiger partial charge in [-0.15, -0.1) is 0 Å². The van der Waals surface area contributed by atoms with Gasteiger partial charge in [-0.05, 0) is 24.6 Å². The monoisotopic (exact) mass is 247 g/mol. The molecule has 1 aromatic carbocycles. The molecule has 0 aliphatic rings. The molecule has 0 aliphatic heterocycles. The van der Waals surface area contributed by atoms with E-state index in [1.807, 2.05) is 0 Å². The van der Waals surface area contributed by atoms with Gasteiger partial charge in [0.25, 0.3) is 0 Å². The Morgan fingerprint density at radius 1 is 1.53 bits per heavy atom. The first-order valence-corrected chi connectivity index (χ1v) is 5.24. The van der Waals surface area contributed by atoms with Gasteiger partial charge < -0.3 is 10.5 Å². The molecule has 0 saturated heterocycles. The molecule has 0 aromatic heterocycles. The quantitative estimate of drug-likeness (QED) is 0.642. The van der Waals surface area contributed by atoms with Gasteiger partial charge in [0.05, 0.1) is 16.6 Å². The first kappa shape index (κ1) is 12.2. The van der Waals surface area contributed by atoms with Crippen LogP contribution in [0.25, 0.3) is 0 Å². The lowest BCUT2D eigenvalue weighted by atomic mass is 10.3. The molecule has 0 amide bonds. The molecule has 15 heavy (non-hydrogen) atoms. The lowest BCUT2D eigenvalue weighted by Gasteiger charge is -2.07. The fourth-order valence-electron chi connectivity index (χ4n) is 1.02. The van der Waals surface area contributed by atoms with Gasteiger partial charge in [0.2, 0.25) is 0 Å². The molecule has 0 aliphatic carbocycles. The van der Waals surface area contributed by atoms with Crippen LogP contribution in [-0.4, -0.2) is 11.6 Å². The van der Waals surface area contributed by atoms with Crippen LogP contribution in [0.15, 0.2) is 18.2 Å². The van der Waals surface area contributed by atoms with Crippen molar-refractivity contribution in [1.82, 2.24) is 0 Å². The molecule has 0 bridgehead atoms. The van der Waals surface area contributed by atoms with Gasteiger partial charge in [0, 0.05) is 6.42 Å². The third kappa shape index (κ3) is 4.44. The summed E-state index contributed by atoms with van der Waals surface area (Å²) in [6.45, 7) is 0.461. The predicted octanol–water partition coefficient (Wildman–Crippen LogP) is 2.92. The van der Waals surface area contributed by atoms with Crippen LogP contribution in [0.4, 0.5) is 4.39 Å². The molecule has 0 saturated carbocycles. The van der Waals surface area contributed by atoms with E-state index in [4.69, 9.17) is 34.3 Å². The Kier molecular flexibility index (Phi) is 4.78. The highest BCUT2D eigenvalue weighted by molar-refractivity contribution is 7.80. The lowest BCUT2D eigenvalue weighted by Crippen LogP contribution is -2.09. The summed E-state index contributed by atoms with van der Waals surface area (Å²) < 4.78 is 18.0. The Hall–Kier alpha value is -0.870. The van der Waals surface area contributed by atoms with Gasteiger partial charge in [-0.3, -0.25) is 0 Å². The molecule has 0 spiro atoms. The van der Waals surface area contributed by atoms with E-state index in [9.17, 15) is 4.39 Å². The number of thiocarbonyl (C=S) groups is 1. The van der Waals surface area contributed by atoms with Crippen LogP contribution in [0, 0.1) is 5.82 Å². The van der Waals surface area contributed by atoms with Crippen molar-refractivity contribution in [2.24, 2.45) is 5.73 Å². The van der Waals surface area contributed by atoms with E-state index in [0.717, 1.165) is 6.42 Å². The van der Waals surface area contributed by atoms with Gasteiger partial charge >= 0.3 is 0 Å². The van der Waals surface area contributed by atoms with E-state index in [2.05, 4.69) is 0 Å². The van der Waals surface area contributed by atoms with Gasteiger partial charge in [0.15, 0.2) is 0 Å². The number of benzene rings is 1. The molecular weight excluding hydrogens is 237 g/mol. The van der Waals surface area contributed by atoms with Crippen LogP contribution >= 0.6 is 23.8 Å². The number of halogens is 2. The fourth-order valence-corrected chi connectivity index (χ4v) is 1.39. The lowest BCUT2D eigenvalue weighted by molar-refractivity contribution is 0.313. The minimum Gasteiger partial charge on any atom is -0.492 e. The summed E-state index contributed by atoms with van der Waals surface area (Å²) in [5.74, 6) is 0.0940. The summed E-state index contributed by atoms with van der Waals surface area (Å²) in [4.78, 5) is 0.462. The summed E-state index contributed by atoms with van der Waals surface area (Å²) in [5, 5.41) is 0.269. The molecule has 0 heterocycles. The van der Waals surface area contributed by atoms with Gasteiger partial charge in [-0.1, -0.05) is 23.8 Å². The van der Waals surface area contributed by atoms with Crippen molar-refractivity contribution in [3.63, 3.8) is 0 Å². The number of nitrogens with two attached hydrogens (primary N) is 1. The molecule has 0 radical (unpaired) electrons. The van der Waals surface area contributed by atoms with E-state index >= 15 is 0 Å². The Morgan fingerprint density at radius 2 is 2.27 bits per heavy atom. The number of hydrogen-bond acceptors (Lipinski definition) is 2. The highest BCUT2D eigenvalue weighted by Crippen LogP contribution is 2.24. The summed E-state index contributed by atoms with van der Waals surface area (Å²) in [7, 11) is 0. The average Bonchev–Trinajstić information content (AvgIpc) is 2.14. The second-order valence-electron chi connectivity index (χ2n) is 2.99. The fraction of sp³-hybridized carbons (Fsp3) is 0.300. The van der Waals surface area contributed by atoms with Crippen molar-refractivity contribution >= 4 is 28.8 Å². The first-order valence-electron chi connectivity index (χ1n) is 4.46. The highest BCUT2D eigenvalue weighted by Gasteiger charge is 2.02. The van der Waals surface area contributed by atoms with Crippen LogP contribution in [0.3, 0.4) is 0 Å². The zero-order valence-corrected chi connectivity index (χ0v) is 9.58. The molecule has 1 rings (SSSR count). The summed E-state index contributed by atoms with van der Waals surface area (Å²) in [6.07, 6.45) is 1.36. The van der Waals surface area contributed by atoms with E-state index < -0.39 is 0 Å². The van der Waals surface area contributed by atoms with Crippen LogP contribution in [0.5, 0.6) is 5.75 Å². The Morgan fingerprint density at radius 3 is 2.87 bits per heavy atom. The van der Waals surface area contributed by atoms with Crippen LogP contribution in [-0.2, 0) is 0 Å². The first-order chi connectivity index (χ1) is 7.09. The Labute approximate surface area is 98.2 Å². The van der Waals surface area contributed by atoms with Crippen LogP contribution < -0.4 is 10.5 Å². The van der Waals surface area contributed by atoms with E-state index in [1.54, 1.807) is 0 Å². The zero-order chi connectivity index (χ0) is 11.3. The highest BCUT2D eigenvalue weighted by atomic mass is 35.5. The van der Waals surface area contributed by atoms with Gasteiger partial charge in [-0.25, -0.2) is 4.39 Å². The van der Waals surface area contributed by atoms with Crippen molar-refractivity contribution in [3.05, 3.63) is 29.0 Å². The van der Waals surface area contributed by atoms with Crippen molar-refractivity contribution in [2.75, 3.05) is 6.61 Å². The molecule has 0 atom stereocenters. The Bertz CT molecular complexity index is 359. The predicted molar refractivity (Wildman–Crippen MR) is 62.9 cm³/mol. The summed E-state index contributed by atoms with van der Waals surface area (Å²) in [5.41, 5.74) is 5.32. The molecule has 2 nitrogen and oxygen atoms in total. The average molecular weight is 248 g/mol. The largest absolute Gasteiger partial charge is 0.492 e. The maximum absolute atomic E-state index is 12.7. The maximum atomic E-state index is 12.7. The standard InChI is InChI=1S/C10H11ClFNOS/c11-8-6-7(12)3-4-9(8)14-5-1-2-10(13)15/h3-4,6H,1-2,5H2,(H2,13,15). The third-order valence-corrected chi connectivity index (χ3v) is 2.22. The Balaban J connectivity index is 2.40. The molecule has 0 unspecified atom stereocenters. The van der Waals surface area contributed by atoms with E-state index in [0.29, 0.717) is 23.8 Å². The molecule has 5 heteroatoms. The molecule has 2 N–H and O–H groups in total. The van der Waals surface area contributed by atoms with Crippen molar-refractivity contribution in [1.29, 1.82) is 0 Å². The third-order valence-electron chi connectivity index (χ3n) is 1.72. The van der Waals surface area contributed by atoms with Crippen molar-refractivity contribution < 1.29 is 9.13 Å². The smallest absolute Gasteiger partial charge is 0.138 e. The summed E-state index contributed by atoms with van der Waals surface area (Å²) >= 11 is 10.5. The van der Waals surface area contributed by atoms with E-state index in [-0.39, 0.29) is 10.8 Å². The second-order valence-corrected chi connectivity index (χ2v) is 3.92. The minimum atomic E-state index is -0.379. The zero-order valence-electron chi connectivity index (χ0n) is 8.00. The SMILES string of the molecule is NC(=S)CCCOc1ccc(F)cc1Cl. The molecule has 1 aromatic rings. The number of ether oxygens (including phenoxy) is 1. The van der Waals surface area contributed by atoms with Crippen LogP contribution in [0.2, 0.25) is 5.02 Å². The minimum absolute atomic E-state index is 0.269. The van der Waals surface area contributed by atoms with Crippen molar-refractivity contribution in [3.8, 4) is 5.75 Å². The maximum Gasteiger partial charge on any atom is 0.138 e. The topological polar surface area (TPSA) is 35.2 Å². The molecule has 0 fully saturated rings. The van der Waals surface area contributed by atoms with Crippen LogP contribution in [0.1, 0.15) is 12.8 Å². The van der Waals surface area contributed by atoms with Gasteiger partial charge in [-0.2, -0.15) is 0 Å². The second kappa shape index (κ2) is 5.88. The van der Waals surface area contributed by atoms with E-state index in [1.165, 1.54) is 18.2 Å². The normalized spacial score (nSPS) is 10.0.